The first kappa shape index (κ1) is 13.4. The average Bonchev–Trinajstić information content (AvgIpc) is 2.46. The Morgan fingerprint density at radius 1 is 1.00 bits per heavy atom. The topological polar surface area (TPSA) is 42.4 Å². The Hall–Kier alpha value is -2.55. The van der Waals surface area contributed by atoms with E-state index in [-0.39, 0.29) is 5.75 Å². The van der Waals surface area contributed by atoms with Gasteiger partial charge in [0.05, 0.1) is 7.11 Å². The van der Waals surface area contributed by atoms with E-state index in [2.05, 4.69) is 23.2 Å². The van der Waals surface area contributed by atoms with Crippen molar-refractivity contribution in [3.63, 3.8) is 0 Å². The molecule has 0 saturated heterocycles. The minimum Gasteiger partial charge on any atom is -0.508 e. The first-order valence-corrected chi connectivity index (χ1v) is 6.84. The molecule has 0 radical (unpaired) electrons. The van der Waals surface area contributed by atoms with E-state index < -0.39 is 0 Å². The zero-order valence-corrected chi connectivity index (χ0v) is 12.3. The van der Waals surface area contributed by atoms with Gasteiger partial charge in [0.25, 0.3) is 0 Å². The molecular formula is C18H17NO2. The van der Waals surface area contributed by atoms with Gasteiger partial charge in [-0.05, 0) is 55.1 Å². The fourth-order valence-corrected chi connectivity index (χ4v) is 2.68. The van der Waals surface area contributed by atoms with Crippen molar-refractivity contribution in [3.05, 3.63) is 53.9 Å². The van der Waals surface area contributed by atoms with Gasteiger partial charge >= 0.3 is 0 Å². The van der Waals surface area contributed by atoms with Gasteiger partial charge in [-0.3, -0.25) is 4.98 Å². The van der Waals surface area contributed by atoms with E-state index in [1.165, 1.54) is 0 Å². The van der Waals surface area contributed by atoms with Crippen LogP contribution in [0.5, 0.6) is 11.5 Å². The summed E-state index contributed by atoms with van der Waals surface area (Å²) < 4.78 is 5.39. The predicted octanol–water partition coefficient (Wildman–Crippen LogP) is 4.23. The number of hydrogen-bond acceptors (Lipinski definition) is 3. The molecule has 3 nitrogen and oxygen atoms in total. The number of hydrogen-bond donors (Lipinski definition) is 1. The van der Waals surface area contributed by atoms with E-state index in [1.54, 1.807) is 25.3 Å². The van der Waals surface area contributed by atoms with Gasteiger partial charge in [0.1, 0.15) is 11.5 Å². The van der Waals surface area contributed by atoms with Gasteiger partial charge < -0.3 is 9.84 Å². The average molecular weight is 279 g/mol. The van der Waals surface area contributed by atoms with Gasteiger partial charge in [-0.15, -0.1) is 0 Å². The standard InChI is InChI=1S/C18H17NO2/c1-11-8-14-9-13(4-6-16(14)12(2)19-11)17-10-15(20)5-7-18(17)21-3/h4-10,20H,1-3H3. The lowest BCUT2D eigenvalue weighted by atomic mass is 9.99. The third-order valence-corrected chi connectivity index (χ3v) is 3.64. The maximum absolute atomic E-state index is 9.73. The van der Waals surface area contributed by atoms with Gasteiger partial charge in [0.15, 0.2) is 0 Å². The maximum atomic E-state index is 9.73. The minimum atomic E-state index is 0.230. The second kappa shape index (κ2) is 5.09. The summed E-state index contributed by atoms with van der Waals surface area (Å²) in [6, 6.07) is 13.4. The van der Waals surface area contributed by atoms with Crippen molar-refractivity contribution < 1.29 is 9.84 Å². The van der Waals surface area contributed by atoms with Gasteiger partial charge in [-0.2, -0.15) is 0 Å². The third kappa shape index (κ3) is 2.42. The van der Waals surface area contributed by atoms with Crippen LogP contribution in [-0.2, 0) is 0 Å². The first-order valence-electron chi connectivity index (χ1n) is 6.84. The maximum Gasteiger partial charge on any atom is 0.126 e. The summed E-state index contributed by atoms with van der Waals surface area (Å²) in [7, 11) is 1.63. The lowest BCUT2D eigenvalue weighted by Crippen LogP contribution is -1.90. The molecule has 0 unspecified atom stereocenters. The molecule has 0 fully saturated rings. The summed E-state index contributed by atoms with van der Waals surface area (Å²) in [6.07, 6.45) is 0. The molecule has 0 aliphatic carbocycles. The molecule has 1 N–H and O–H groups in total. The molecule has 0 spiro atoms. The van der Waals surface area contributed by atoms with Crippen molar-refractivity contribution in [1.29, 1.82) is 0 Å². The molecule has 0 saturated carbocycles. The van der Waals surface area contributed by atoms with E-state index in [4.69, 9.17) is 4.74 Å². The van der Waals surface area contributed by atoms with E-state index >= 15 is 0 Å². The van der Waals surface area contributed by atoms with Crippen molar-refractivity contribution in [2.24, 2.45) is 0 Å². The molecule has 0 atom stereocenters. The Morgan fingerprint density at radius 2 is 1.81 bits per heavy atom. The Balaban J connectivity index is 2.24. The number of phenols is 1. The van der Waals surface area contributed by atoms with Gasteiger partial charge in [0, 0.05) is 22.3 Å². The fourth-order valence-electron chi connectivity index (χ4n) is 2.68. The van der Waals surface area contributed by atoms with Gasteiger partial charge in [0.2, 0.25) is 0 Å². The molecule has 21 heavy (non-hydrogen) atoms. The summed E-state index contributed by atoms with van der Waals surface area (Å²) in [5.41, 5.74) is 3.92. The van der Waals surface area contributed by atoms with E-state index in [1.807, 2.05) is 19.9 Å². The number of aromatic nitrogens is 1. The fraction of sp³-hybridized carbons (Fsp3) is 0.167. The van der Waals surface area contributed by atoms with Crippen molar-refractivity contribution >= 4 is 10.8 Å². The molecule has 3 rings (SSSR count). The van der Waals surface area contributed by atoms with Crippen LogP contribution in [-0.4, -0.2) is 17.2 Å². The van der Waals surface area contributed by atoms with Gasteiger partial charge in [-0.25, -0.2) is 0 Å². The number of pyridine rings is 1. The second-order valence-electron chi connectivity index (χ2n) is 5.17. The van der Waals surface area contributed by atoms with Crippen LogP contribution in [0.1, 0.15) is 11.4 Å². The summed E-state index contributed by atoms with van der Waals surface area (Å²) in [5.74, 6) is 0.975. The smallest absolute Gasteiger partial charge is 0.126 e. The number of phenolic OH excluding ortho intramolecular Hbond substituents is 1. The Morgan fingerprint density at radius 3 is 2.57 bits per heavy atom. The third-order valence-electron chi connectivity index (χ3n) is 3.64. The molecule has 106 valence electrons. The SMILES string of the molecule is COc1ccc(O)cc1-c1ccc2c(C)nc(C)cc2c1. The number of benzene rings is 2. The molecule has 0 amide bonds. The highest BCUT2D eigenvalue weighted by Gasteiger charge is 2.09. The molecule has 0 bridgehead atoms. The van der Waals surface area contributed by atoms with Crippen molar-refractivity contribution in [1.82, 2.24) is 4.98 Å². The van der Waals surface area contributed by atoms with Crippen LogP contribution in [0.3, 0.4) is 0 Å². The number of methoxy groups -OCH3 is 1. The van der Waals surface area contributed by atoms with Crippen molar-refractivity contribution in [2.75, 3.05) is 7.11 Å². The monoisotopic (exact) mass is 279 g/mol. The second-order valence-corrected chi connectivity index (χ2v) is 5.17. The zero-order valence-electron chi connectivity index (χ0n) is 12.3. The summed E-state index contributed by atoms with van der Waals surface area (Å²) in [4.78, 5) is 4.49. The Kier molecular flexibility index (Phi) is 3.26. The quantitative estimate of drug-likeness (QED) is 0.763. The first-order chi connectivity index (χ1) is 10.1. The number of aromatic hydroxyl groups is 1. The number of aryl methyl sites for hydroxylation is 2. The van der Waals surface area contributed by atoms with Crippen molar-refractivity contribution in [3.8, 4) is 22.6 Å². The minimum absolute atomic E-state index is 0.230. The predicted molar refractivity (Wildman–Crippen MR) is 84.9 cm³/mol. The summed E-state index contributed by atoms with van der Waals surface area (Å²) in [5, 5.41) is 12.0. The van der Waals surface area contributed by atoms with Crippen molar-refractivity contribution in [2.45, 2.75) is 13.8 Å². The highest BCUT2D eigenvalue weighted by molar-refractivity contribution is 5.90. The summed E-state index contributed by atoms with van der Waals surface area (Å²) in [6.45, 7) is 4.01. The van der Waals surface area contributed by atoms with Crippen LogP contribution in [0.15, 0.2) is 42.5 Å². The van der Waals surface area contributed by atoms with Crippen LogP contribution in [0, 0.1) is 13.8 Å². The van der Waals surface area contributed by atoms with E-state index in [0.717, 1.165) is 39.0 Å². The number of nitrogens with zero attached hydrogens (tertiary/aromatic N) is 1. The molecule has 1 aromatic heterocycles. The molecular weight excluding hydrogens is 262 g/mol. The van der Waals surface area contributed by atoms with E-state index in [0.29, 0.717) is 0 Å². The highest BCUT2D eigenvalue weighted by atomic mass is 16.5. The Labute approximate surface area is 123 Å². The zero-order chi connectivity index (χ0) is 15.0. The molecule has 3 aromatic rings. The molecule has 1 heterocycles. The normalized spacial score (nSPS) is 10.8. The van der Waals surface area contributed by atoms with Crippen LogP contribution < -0.4 is 4.74 Å². The molecule has 0 aliphatic heterocycles. The Bertz CT molecular complexity index is 825. The van der Waals surface area contributed by atoms with Crippen LogP contribution in [0.25, 0.3) is 21.9 Å². The summed E-state index contributed by atoms with van der Waals surface area (Å²) >= 11 is 0. The van der Waals surface area contributed by atoms with E-state index in [9.17, 15) is 5.11 Å². The van der Waals surface area contributed by atoms with Crippen LogP contribution in [0.2, 0.25) is 0 Å². The van der Waals surface area contributed by atoms with Crippen LogP contribution in [0.4, 0.5) is 0 Å². The molecule has 0 aliphatic rings. The number of rotatable bonds is 2. The lowest BCUT2D eigenvalue weighted by molar-refractivity contribution is 0.414. The number of ether oxygens (including phenoxy) is 1. The largest absolute Gasteiger partial charge is 0.508 e. The number of fused-ring (bicyclic) bond motifs is 1. The molecule has 3 heteroatoms. The van der Waals surface area contributed by atoms with Crippen LogP contribution >= 0.6 is 0 Å². The lowest BCUT2D eigenvalue weighted by Gasteiger charge is -2.11. The highest BCUT2D eigenvalue weighted by Crippen LogP contribution is 2.34. The molecule has 2 aromatic carbocycles. The van der Waals surface area contributed by atoms with Gasteiger partial charge in [-0.1, -0.05) is 12.1 Å².